The minimum Gasteiger partial charge on any atom is -0.279 e. The van der Waals surface area contributed by atoms with Crippen LogP contribution in [-0.2, 0) is 16.6 Å². The number of halogens is 1. The molecule has 0 spiro atoms. The summed E-state index contributed by atoms with van der Waals surface area (Å²) in [4.78, 5) is 20.4. The molecule has 192 valence electrons. The van der Waals surface area contributed by atoms with Crippen LogP contribution in [0.2, 0.25) is 5.02 Å². The molecule has 1 amide bonds. The maximum atomic E-state index is 13.8. The maximum absolute atomic E-state index is 13.8. The Kier molecular flexibility index (Phi) is 7.62. The Morgan fingerprint density at radius 3 is 2.30 bits per heavy atom. The quantitative estimate of drug-likeness (QED) is 0.267. The molecule has 4 aromatic rings. The fraction of sp³-hybridized carbons (Fsp3) is 0.286. The summed E-state index contributed by atoms with van der Waals surface area (Å²) in [5, 5.41) is 1.14. The summed E-state index contributed by atoms with van der Waals surface area (Å²) in [6.45, 7) is 3.36. The molecule has 2 heterocycles. The second-order valence-electron chi connectivity index (χ2n) is 9.26. The minimum atomic E-state index is -3.59. The first-order valence-corrected chi connectivity index (χ1v) is 15.0. The molecule has 0 saturated carbocycles. The predicted molar refractivity (Wildman–Crippen MR) is 150 cm³/mol. The molecule has 5 rings (SSSR count). The molecule has 1 aromatic heterocycles. The molecule has 0 radical (unpaired) electrons. The van der Waals surface area contributed by atoms with E-state index in [1.165, 1.54) is 23.5 Å². The number of nitrogens with zero attached hydrogens (tertiary/aromatic N) is 3. The monoisotopic (exact) mass is 553 g/mol. The van der Waals surface area contributed by atoms with Crippen LogP contribution in [0.4, 0.5) is 5.13 Å². The van der Waals surface area contributed by atoms with Gasteiger partial charge in [-0.05, 0) is 61.2 Å². The van der Waals surface area contributed by atoms with Gasteiger partial charge in [0.1, 0.15) is 0 Å². The van der Waals surface area contributed by atoms with E-state index < -0.39 is 10.0 Å². The van der Waals surface area contributed by atoms with Gasteiger partial charge in [-0.25, -0.2) is 13.4 Å². The lowest BCUT2D eigenvalue weighted by Crippen LogP contribution is -2.32. The van der Waals surface area contributed by atoms with Gasteiger partial charge in [-0.2, -0.15) is 4.31 Å². The Bertz CT molecular complexity index is 1470. The molecule has 0 unspecified atom stereocenters. The minimum absolute atomic E-state index is 0.211. The van der Waals surface area contributed by atoms with E-state index in [4.69, 9.17) is 16.6 Å². The summed E-state index contributed by atoms with van der Waals surface area (Å²) in [6.07, 6.45) is 3.84. The van der Waals surface area contributed by atoms with Gasteiger partial charge in [0, 0.05) is 18.7 Å². The summed E-state index contributed by atoms with van der Waals surface area (Å²) < 4.78 is 28.8. The largest absolute Gasteiger partial charge is 0.279 e. The lowest BCUT2D eigenvalue weighted by Gasteiger charge is -2.21. The molecular weight excluding hydrogens is 526 g/mol. The van der Waals surface area contributed by atoms with Crippen LogP contribution in [0.1, 0.15) is 47.2 Å². The summed E-state index contributed by atoms with van der Waals surface area (Å²) >= 11 is 7.82. The van der Waals surface area contributed by atoms with Gasteiger partial charge in [0.15, 0.2) is 5.13 Å². The van der Waals surface area contributed by atoms with Crippen LogP contribution in [0, 0.1) is 6.92 Å². The van der Waals surface area contributed by atoms with Crippen molar-refractivity contribution < 1.29 is 13.2 Å². The molecule has 1 aliphatic rings. The first-order chi connectivity index (χ1) is 17.8. The van der Waals surface area contributed by atoms with Gasteiger partial charge >= 0.3 is 0 Å². The molecule has 0 bridgehead atoms. The molecule has 1 fully saturated rings. The van der Waals surface area contributed by atoms with Crippen LogP contribution >= 0.6 is 22.9 Å². The number of thiazole rings is 1. The molecule has 1 aliphatic heterocycles. The molecule has 1 saturated heterocycles. The lowest BCUT2D eigenvalue weighted by atomic mass is 10.1. The molecular formula is C28H28ClN3O3S2. The molecule has 37 heavy (non-hydrogen) atoms. The number of fused-ring (bicyclic) bond motifs is 1. The van der Waals surface area contributed by atoms with Crippen molar-refractivity contribution in [3.63, 3.8) is 0 Å². The van der Waals surface area contributed by atoms with Crippen molar-refractivity contribution in [2.45, 2.75) is 44.0 Å². The number of sulfonamides is 1. The van der Waals surface area contributed by atoms with Crippen LogP contribution in [0.25, 0.3) is 10.2 Å². The van der Waals surface area contributed by atoms with Crippen LogP contribution in [0.15, 0.2) is 71.6 Å². The zero-order valence-corrected chi connectivity index (χ0v) is 23.0. The summed E-state index contributed by atoms with van der Waals surface area (Å²) in [5.74, 6) is -0.254. The molecule has 3 aromatic carbocycles. The van der Waals surface area contributed by atoms with Crippen molar-refractivity contribution >= 4 is 54.2 Å². The fourth-order valence-electron chi connectivity index (χ4n) is 4.55. The van der Waals surface area contributed by atoms with Gasteiger partial charge in [-0.1, -0.05) is 72.2 Å². The van der Waals surface area contributed by atoms with Crippen molar-refractivity contribution in [2.24, 2.45) is 0 Å². The fourth-order valence-corrected chi connectivity index (χ4v) is 7.39. The Morgan fingerprint density at radius 1 is 0.973 bits per heavy atom. The zero-order chi connectivity index (χ0) is 26.0. The predicted octanol–water partition coefficient (Wildman–Crippen LogP) is 6.67. The maximum Gasteiger partial charge on any atom is 0.260 e. The third-order valence-corrected chi connectivity index (χ3v) is 10.1. The number of rotatable bonds is 6. The number of carbonyl (C=O) groups excluding carboxylic acids is 1. The van der Waals surface area contributed by atoms with Crippen LogP contribution < -0.4 is 4.90 Å². The van der Waals surface area contributed by atoms with Crippen LogP contribution in [0.5, 0.6) is 0 Å². The van der Waals surface area contributed by atoms with Gasteiger partial charge in [-0.3, -0.25) is 9.69 Å². The van der Waals surface area contributed by atoms with E-state index in [9.17, 15) is 13.2 Å². The number of aromatic nitrogens is 1. The zero-order valence-electron chi connectivity index (χ0n) is 20.6. The number of anilines is 1. The number of amides is 1. The summed E-state index contributed by atoms with van der Waals surface area (Å²) in [6, 6.07) is 19.7. The molecule has 9 heteroatoms. The Morgan fingerprint density at radius 2 is 1.65 bits per heavy atom. The number of carbonyl (C=O) groups is 1. The lowest BCUT2D eigenvalue weighted by molar-refractivity contribution is 0.0985. The molecule has 6 nitrogen and oxygen atoms in total. The van der Waals surface area contributed by atoms with Gasteiger partial charge in [0.25, 0.3) is 5.91 Å². The van der Waals surface area contributed by atoms with Gasteiger partial charge < -0.3 is 0 Å². The van der Waals surface area contributed by atoms with Gasteiger partial charge in [-0.15, -0.1) is 0 Å². The average molecular weight is 554 g/mol. The second-order valence-corrected chi connectivity index (χ2v) is 12.6. The summed E-state index contributed by atoms with van der Waals surface area (Å²) in [5.41, 5.74) is 3.11. The van der Waals surface area contributed by atoms with E-state index in [0.29, 0.717) is 35.4 Å². The van der Waals surface area contributed by atoms with E-state index >= 15 is 0 Å². The van der Waals surface area contributed by atoms with E-state index in [0.717, 1.165) is 47.0 Å². The highest BCUT2D eigenvalue weighted by molar-refractivity contribution is 7.89. The SMILES string of the molecule is Cc1ccc(Cl)c2sc(N(Cc3ccccc3)C(=O)c3ccc(S(=O)(=O)N4CCCCCC4)cc3)nc12. The Labute approximate surface area is 226 Å². The average Bonchev–Trinajstić information content (AvgIpc) is 3.18. The normalized spacial score (nSPS) is 15.0. The highest BCUT2D eigenvalue weighted by Crippen LogP contribution is 2.36. The highest BCUT2D eigenvalue weighted by atomic mass is 35.5. The Hall–Kier alpha value is -2.78. The van der Waals surface area contributed by atoms with Crippen molar-refractivity contribution in [3.05, 3.63) is 88.4 Å². The van der Waals surface area contributed by atoms with E-state index in [-0.39, 0.29) is 10.8 Å². The van der Waals surface area contributed by atoms with Crippen LogP contribution in [-0.4, -0.2) is 36.7 Å². The van der Waals surface area contributed by atoms with Crippen LogP contribution in [0.3, 0.4) is 0 Å². The third-order valence-electron chi connectivity index (χ3n) is 6.65. The number of aryl methyl sites for hydroxylation is 1. The van der Waals surface area contributed by atoms with E-state index in [2.05, 4.69) is 0 Å². The highest BCUT2D eigenvalue weighted by Gasteiger charge is 2.27. The molecule has 0 aliphatic carbocycles. The molecule has 0 atom stereocenters. The first kappa shape index (κ1) is 25.9. The van der Waals surface area contributed by atoms with Crippen molar-refractivity contribution in [2.75, 3.05) is 18.0 Å². The van der Waals surface area contributed by atoms with Gasteiger partial charge in [0.05, 0.1) is 26.7 Å². The number of hydrogen-bond acceptors (Lipinski definition) is 5. The first-order valence-electron chi connectivity index (χ1n) is 12.4. The number of hydrogen-bond donors (Lipinski definition) is 0. The van der Waals surface area contributed by atoms with E-state index in [1.54, 1.807) is 21.3 Å². The second kappa shape index (κ2) is 10.9. The van der Waals surface area contributed by atoms with Crippen molar-refractivity contribution in [3.8, 4) is 0 Å². The molecule has 0 N–H and O–H groups in total. The third kappa shape index (κ3) is 5.43. The Balaban J connectivity index is 1.48. The summed E-state index contributed by atoms with van der Waals surface area (Å²) in [7, 11) is -3.59. The van der Waals surface area contributed by atoms with E-state index in [1.807, 2.05) is 49.4 Å². The van der Waals surface area contributed by atoms with Crippen molar-refractivity contribution in [1.82, 2.24) is 9.29 Å². The number of benzene rings is 3. The smallest absolute Gasteiger partial charge is 0.260 e. The topological polar surface area (TPSA) is 70.6 Å². The standard InChI is InChI=1S/C28H28ClN3O3S2/c1-20-11-16-24(29)26-25(20)30-28(36-26)32(19-21-9-5-4-6-10-21)27(33)22-12-14-23(15-13-22)37(34,35)31-17-7-2-3-8-18-31/h4-6,9-16H,2-3,7-8,17-19H2,1H3. The van der Waals surface area contributed by atoms with Gasteiger partial charge in [0.2, 0.25) is 10.0 Å². The van der Waals surface area contributed by atoms with Crippen molar-refractivity contribution in [1.29, 1.82) is 0 Å².